The van der Waals surface area contributed by atoms with Crippen LogP contribution >= 0.6 is 11.8 Å². The Hall–Kier alpha value is -2.61. The molecule has 1 amide bonds. The highest BCUT2D eigenvalue weighted by molar-refractivity contribution is 7.99. The maximum absolute atomic E-state index is 13.3. The Kier molecular flexibility index (Phi) is 5.41. The van der Waals surface area contributed by atoms with Gasteiger partial charge in [-0.3, -0.25) is 14.2 Å². The molecule has 0 radical (unpaired) electrons. The third kappa shape index (κ3) is 3.80. The van der Waals surface area contributed by atoms with Gasteiger partial charge in [-0.25, -0.2) is 9.37 Å². The molecule has 0 bridgehead atoms. The smallest absolute Gasteiger partial charge is 0.283 e. The molecular weight excluding hydrogens is 355 g/mol. The first-order chi connectivity index (χ1) is 12.5. The molecule has 0 spiro atoms. The van der Waals surface area contributed by atoms with Crippen LogP contribution in [-0.4, -0.2) is 32.7 Å². The molecule has 0 aliphatic heterocycles. The van der Waals surface area contributed by atoms with Crippen LogP contribution in [0.5, 0.6) is 0 Å². The number of H-pyrrole nitrogens is 1. The van der Waals surface area contributed by atoms with E-state index in [4.69, 9.17) is 0 Å². The molecule has 0 unspecified atom stereocenters. The number of fused-ring (bicyclic) bond motifs is 1. The quantitative estimate of drug-likeness (QED) is 0.514. The third-order valence-corrected chi connectivity index (χ3v) is 4.68. The van der Waals surface area contributed by atoms with Crippen LogP contribution in [0, 0.1) is 12.7 Å². The summed E-state index contributed by atoms with van der Waals surface area (Å²) in [5, 5.41) is 3.18. The Morgan fingerprint density at radius 3 is 2.77 bits per heavy atom. The van der Waals surface area contributed by atoms with Gasteiger partial charge in [0.05, 0.1) is 17.0 Å². The van der Waals surface area contributed by atoms with Crippen molar-refractivity contribution in [1.29, 1.82) is 0 Å². The SMILES string of the molecule is CCCNC(=O)CSc1nc2cc(C)[nH]c2c(=O)n1-c1ccc(F)cc1. The van der Waals surface area contributed by atoms with Gasteiger partial charge in [0.25, 0.3) is 5.56 Å². The van der Waals surface area contributed by atoms with E-state index in [0.717, 1.165) is 12.1 Å². The van der Waals surface area contributed by atoms with E-state index in [2.05, 4.69) is 15.3 Å². The number of nitrogens with zero attached hydrogens (tertiary/aromatic N) is 2. The van der Waals surface area contributed by atoms with Gasteiger partial charge in [-0.1, -0.05) is 18.7 Å². The number of hydrogen-bond acceptors (Lipinski definition) is 4. The minimum absolute atomic E-state index is 0.123. The van der Waals surface area contributed by atoms with E-state index >= 15 is 0 Å². The van der Waals surface area contributed by atoms with Crippen molar-refractivity contribution >= 4 is 28.7 Å². The molecule has 2 N–H and O–H groups in total. The van der Waals surface area contributed by atoms with E-state index in [0.29, 0.717) is 28.4 Å². The number of halogens is 1. The Bertz CT molecular complexity index is 995. The average molecular weight is 374 g/mol. The maximum Gasteiger partial charge on any atom is 0.283 e. The number of nitrogens with one attached hydrogen (secondary N) is 2. The Balaban J connectivity index is 2.04. The fraction of sp³-hybridized carbons (Fsp3) is 0.278. The number of benzene rings is 1. The van der Waals surface area contributed by atoms with Crippen LogP contribution in [0.2, 0.25) is 0 Å². The zero-order chi connectivity index (χ0) is 18.7. The van der Waals surface area contributed by atoms with Crippen LogP contribution in [0.4, 0.5) is 4.39 Å². The Labute approximate surface area is 153 Å². The van der Waals surface area contributed by atoms with Crippen LogP contribution in [-0.2, 0) is 4.79 Å². The molecule has 0 saturated heterocycles. The van der Waals surface area contributed by atoms with E-state index < -0.39 is 0 Å². The zero-order valence-corrected chi connectivity index (χ0v) is 15.3. The summed E-state index contributed by atoms with van der Waals surface area (Å²) in [5.41, 5.74) is 1.95. The van der Waals surface area contributed by atoms with E-state index in [1.54, 1.807) is 6.07 Å². The largest absolute Gasteiger partial charge is 0.355 e. The van der Waals surface area contributed by atoms with E-state index in [1.807, 2.05) is 13.8 Å². The van der Waals surface area contributed by atoms with Crippen LogP contribution in [0.1, 0.15) is 19.0 Å². The van der Waals surface area contributed by atoms with Crippen molar-refractivity contribution < 1.29 is 9.18 Å². The molecule has 8 heteroatoms. The number of carbonyl (C=O) groups is 1. The molecule has 6 nitrogen and oxygen atoms in total. The first-order valence-corrected chi connectivity index (χ1v) is 9.26. The summed E-state index contributed by atoms with van der Waals surface area (Å²) in [5.74, 6) is -0.371. The number of hydrogen-bond donors (Lipinski definition) is 2. The number of aryl methyl sites for hydroxylation is 1. The molecule has 1 aromatic carbocycles. The molecular formula is C18H19FN4O2S. The van der Waals surface area contributed by atoms with Gasteiger partial charge in [0, 0.05) is 12.2 Å². The number of aromatic amines is 1. The lowest BCUT2D eigenvalue weighted by Crippen LogP contribution is -2.27. The van der Waals surface area contributed by atoms with Crippen molar-refractivity contribution in [2.75, 3.05) is 12.3 Å². The number of rotatable bonds is 6. The van der Waals surface area contributed by atoms with Crippen molar-refractivity contribution in [3.05, 3.63) is 52.2 Å². The van der Waals surface area contributed by atoms with Gasteiger partial charge in [0.2, 0.25) is 5.91 Å². The number of aromatic nitrogens is 3. The summed E-state index contributed by atoms with van der Waals surface area (Å²) < 4.78 is 14.7. The summed E-state index contributed by atoms with van der Waals surface area (Å²) in [4.78, 5) is 32.4. The van der Waals surface area contributed by atoms with Crippen LogP contribution in [0.25, 0.3) is 16.7 Å². The maximum atomic E-state index is 13.3. The van der Waals surface area contributed by atoms with Gasteiger partial charge in [-0.2, -0.15) is 0 Å². The molecule has 3 rings (SSSR count). The zero-order valence-electron chi connectivity index (χ0n) is 14.5. The highest BCUT2D eigenvalue weighted by Gasteiger charge is 2.16. The molecule has 0 aliphatic carbocycles. The topological polar surface area (TPSA) is 79.8 Å². The minimum atomic E-state index is -0.389. The molecule has 136 valence electrons. The highest BCUT2D eigenvalue weighted by atomic mass is 32.2. The van der Waals surface area contributed by atoms with Crippen molar-refractivity contribution in [3.63, 3.8) is 0 Å². The molecule has 0 saturated carbocycles. The summed E-state index contributed by atoms with van der Waals surface area (Å²) in [6.07, 6.45) is 0.851. The van der Waals surface area contributed by atoms with Crippen molar-refractivity contribution in [2.24, 2.45) is 0 Å². The minimum Gasteiger partial charge on any atom is -0.355 e. The first-order valence-electron chi connectivity index (χ1n) is 8.27. The lowest BCUT2D eigenvalue weighted by molar-refractivity contribution is -0.118. The number of amides is 1. The Morgan fingerprint density at radius 2 is 2.08 bits per heavy atom. The second kappa shape index (κ2) is 7.74. The fourth-order valence-corrected chi connectivity index (χ4v) is 3.38. The van der Waals surface area contributed by atoms with E-state index in [1.165, 1.54) is 40.6 Å². The Morgan fingerprint density at radius 1 is 1.35 bits per heavy atom. The van der Waals surface area contributed by atoms with Crippen LogP contribution in [0.3, 0.4) is 0 Å². The fourth-order valence-electron chi connectivity index (χ4n) is 2.54. The summed E-state index contributed by atoms with van der Waals surface area (Å²) in [7, 11) is 0. The lowest BCUT2D eigenvalue weighted by atomic mass is 10.3. The van der Waals surface area contributed by atoms with Gasteiger partial charge in [-0.15, -0.1) is 0 Å². The van der Waals surface area contributed by atoms with Gasteiger partial charge in [0.15, 0.2) is 5.16 Å². The predicted molar refractivity (Wildman–Crippen MR) is 100 cm³/mol. The summed E-state index contributed by atoms with van der Waals surface area (Å²) >= 11 is 1.18. The second-order valence-corrected chi connectivity index (χ2v) is 6.81. The van der Waals surface area contributed by atoms with Crippen molar-refractivity contribution in [2.45, 2.75) is 25.4 Å². The van der Waals surface area contributed by atoms with Gasteiger partial charge in [0.1, 0.15) is 11.3 Å². The van der Waals surface area contributed by atoms with Crippen molar-refractivity contribution in [3.8, 4) is 5.69 Å². The van der Waals surface area contributed by atoms with Crippen LogP contribution < -0.4 is 10.9 Å². The van der Waals surface area contributed by atoms with E-state index in [-0.39, 0.29) is 23.0 Å². The lowest BCUT2D eigenvalue weighted by Gasteiger charge is -2.12. The predicted octanol–water partition coefficient (Wildman–Crippen LogP) is 2.78. The molecule has 0 atom stereocenters. The number of carbonyl (C=O) groups excluding carboxylic acids is 1. The first kappa shape index (κ1) is 18.2. The molecule has 26 heavy (non-hydrogen) atoms. The number of thioether (sulfide) groups is 1. The van der Waals surface area contributed by atoms with Gasteiger partial charge < -0.3 is 10.3 Å². The molecule has 0 fully saturated rings. The standard InChI is InChI=1S/C18H19FN4O2S/c1-3-8-20-15(24)10-26-18-22-14-9-11(2)21-16(14)17(25)23(18)13-6-4-12(19)5-7-13/h4-7,9,21H,3,8,10H2,1-2H3,(H,20,24). The monoisotopic (exact) mass is 374 g/mol. The normalized spacial score (nSPS) is 11.0. The van der Waals surface area contributed by atoms with E-state index in [9.17, 15) is 14.0 Å². The molecule has 0 aliphatic rings. The second-order valence-electron chi connectivity index (χ2n) is 5.86. The highest BCUT2D eigenvalue weighted by Crippen LogP contribution is 2.21. The molecule has 2 aromatic heterocycles. The van der Waals surface area contributed by atoms with Gasteiger partial charge >= 0.3 is 0 Å². The molecule has 3 aromatic rings. The van der Waals surface area contributed by atoms with Crippen molar-refractivity contribution in [1.82, 2.24) is 19.9 Å². The molecule has 2 heterocycles. The summed E-state index contributed by atoms with van der Waals surface area (Å²) in [6.45, 7) is 4.42. The van der Waals surface area contributed by atoms with Crippen LogP contribution in [0.15, 0.2) is 40.3 Å². The average Bonchev–Trinajstić information content (AvgIpc) is 3.00. The van der Waals surface area contributed by atoms with Gasteiger partial charge in [-0.05, 0) is 43.7 Å². The third-order valence-electron chi connectivity index (χ3n) is 3.75. The summed E-state index contributed by atoms with van der Waals surface area (Å²) in [6, 6.07) is 7.39.